The third-order valence-electron chi connectivity index (χ3n) is 5.38. The summed E-state index contributed by atoms with van der Waals surface area (Å²) >= 11 is 0. The van der Waals surface area contributed by atoms with E-state index in [0.29, 0.717) is 11.3 Å². The number of carbonyl (C=O) groups is 2. The number of aromatic hydroxyl groups is 2. The van der Waals surface area contributed by atoms with E-state index in [1.165, 1.54) is 6.07 Å². The molecular weight excluding hydrogens is 408 g/mol. The van der Waals surface area contributed by atoms with Crippen LogP contribution in [0.25, 0.3) is 28.2 Å². The number of allylic oxidation sites excluding steroid dienone is 1. The first kappa shape index (κ1) is 19.4. The molecule has 3 aromatic carbocycles. The van der Waals surface area contributed by atoms with E-state index in [2.05, 4.69) is 0 Å². The SMILES string of the molecule is NC(=O)Cn1c(-c2ccccc2)c(/C=C2/Oc3cc(O)cc(O)c3C2=O)c2ccccc21. The molecule has 158 valence electrons. The van der Waals surface area contributed by atoms with Crippen LogP contribution in [0.15, 0.2) is 72.5 Å². The van der Waals surface area contributed by atoms with Gasteiger partial charge in [0.05, 0.1) is 5.69 Å². The first-order valence-corrected chi connectivity index (χ1v) is 9.89. The summed E-state index contributed by atoms with van der Waals surface area (Å²) in [4.78, 5) is 24.9. The molecule has 0 spiro atoms. The number of ether oxygens (including phenoxy) is 1. The van der Waals surface area contributed by atoms with Crippen molar-refractivity contribution in [1.29, 1.82) is 0 Å². The molecule has 1 aromatic heterocycles. The van der Waals surface area contributed by atoms with Gasteiger partial charge in [-0.25, -0.2) is 0 Å². The van der Waals surface area contributed by atoms with E-state index in [-0.39, 0.29) is 35.1 Å². The summed E-state index contributed by atoms with van der Waals surface area (Å²) < 4.78 is 7.52. The van der Waals surface area contributed by atoms with E-state index in [4.69, 9.17) is 10.5 Å². The Hall–Kier alpha value is -4.52. The predicted octanol–water partition coefficient (Wildman–Crippen LogP) is 3.82. The topological polar surface area (TPSA) is 115 Å². The number of hydrogen-bond donors (Lipinski definition) is 3. The number of nitrogens with zero attached hydrogens (tertiary/aromatic N) is 1. The zero-order chi connectivity index (χ0) is 22.4. The van der Waals surface area contributed by atoms with E-state index >= 15 is 0 Å². The van der Waals surface area contributed by atoms with Crippen molar-refractivity contribution in [1.82, 2.24) is 4.57 Å². The molecule has 0 radical (unpaired) electrons. The monoisotopic (exact) mass is 426 g/mol. The summed E-state index contributed by atoms with van der Waals surface area (Å²) in [5, 5.41) is 20.7. The summed E-state index contributed by atoms with van der Waals surface area (Å²) in [6.45, 7) is -0.0440. The van der Waals surface area contributed by atoms with E-state index in [0.717, 1.165) is 22.5 Å². The average Bonchev–Trinajstić information content (AvgIpc) is 3.23. The third-order valence-corrected chi connectivity index (χ3v) is 5.38. The Bertz CT molecular complexity index is 1430. The molecule has 1 aliphatic heterocycles. The number of rotatable bonds is 4. The number of hydrogen-bond acceptors (Lipinski definition) is 5. The lowest BCUT2D eigenvalue weighted by molar-refractivity contribution is -0.118. The van der Waals surface area contributed by atoms with Gasteiger partial charge in [0.25, 0.3) is 0 Å². The van der Waals surface area contributed by atoms with Crippen LogP contribution in [0.2, 0.25) is 0 Å². The summed E-state index contributed by atoms with van der Waals surface area (Å²) in [7, 11) is 0. The number of aromatic nitrogens is 1. The van der Waals surface area contributed by atoms with Gasteiger partial charge < -0.3 is 25.3 Å². The third kappa shape index (κ3) is 3.07. The van der Waals surface area contributed by atoms with Gasteiger partial charge in [-0.2, -0.15) is 0 Å². The first-order chi connectivity index (χ1) is 15.4. The maximum atomic E-state index is 13.0. The van der Waals surface area contributed by atoms with Crippen molar-refractivity contribution in [2.45, 2.75) is 6.54 Å². The lowest BCUT2D eigenvalue weighted by Crippen LogP contribution is -2.19. The van der Waals surface area contributed by atoms with Crippen molar-refractivity contribution in [3.8, 4) is 28.5 Å². The van der Waals surface area contributed by atoms with Crippen LogP contribution in [0, 0.1) is 0 Å². The first-order valence-electron chi connectivity index (χ1n) is 9.89. The number of amides is 1. The Morgan fingerprint density at radius 2 is 1.75 bits per heavy atom. The van der Waals surface area contributed by atoms with Gasteiger partial charge in [-0.05, 0) is 17.7 Å². The molecule has 0 bridgehead atoms. The number of fused-ring (bicyclic) bond motifs is 2. The minimum atomic E-state index is -0.497. The van der Waals surface area contributed by atoms with Crippen LogP contribution >= 0.6 is 0 Å². The Labute approximate surface area is 182 Å². The second kappa shape index (κ2) is 7.31. The van der Waals surface area contributed by atoms with Gasteiger partial charge in [0.15, 0.2) is 5.76 Å². The van der Waals surface area contributed by atoms with Gasteiger partial charge in [-0.15, -0.1) is 0 Å². The highest BCUT2D eigenvalue weighted by atomic mass is 16.5. The van der Waals surface area contributed by atoms with Gasteiger partial charge in [-0.1, -0.05) is 48.5 Å². The molecule has 5 rings (SSSR count). The number of nitrogens with two attached hydrogens (primary N) is 1. The van der Waals surface area contributed by atoms with Crippen molar-refractivity contribution in [3.05, 3.63) is 83.6 Å². The molecule has 32 heavy (non-hydrogen) atoms. The fraction of sp³-hybridized carbons (Fsp3) is 0.0400. The van der Waals surface area contributed by atoms with E-state index < -0.39 is 11.7 Å². The molecule has 0 saturated carbocycles. The minimum absolute atomic E-state index is 0.0000548. The van der Waals surface area contributed by atoms with Gasteiger partial charge in [0, 0.05) is 28.6 Å². The molecule has 2 heterocycles. The number of benzene rings is 3. The number of carbonyl (C=O) groups excluding carboxylic acids is 2. The van der Waals surface area contributed by atoms with Crippen molar-refractivity contribution < 1.29 is 24.5 Å². The van der Waals surface area contributed by atoms with Crippen molar-refractivity contribution in [2.24, 2.45) is 5.73 Å². The number of Topliss-reactive ketones (excluding diaryl/α,β-unsaturated/α-hetero) is 1. The Morgan fingerprint density at radius 3 is 2.50 bits per heavy atom. The lowest BCUT2D eigenvalue weighted by Gasteiger charge is -2.10. The van der Waals surface area contributed by atoms with Crippen molar-refractivity contribution >= 4 is 28.7 Å². The molecule has 7 heteroatoms. The Kier molecular flexibility index (Phi) is 4.44. The van der Waals surface area contributed by atoms with Crippen LogP contribution in [0.4, 0.5) is 0 Å². The smallest absolute Gasteiger partial charge is 0.237 e. The predicted molar refractivity (Wildman–Crippen MR) is 119 cm³/mol. The number of primary amides is 1. The number of phenols is 2. The quantitative estimate of drug-likeness (QED) is 0.429. The molecule has 7 nitrogen and oxygen atoms in total. The molecule has 1 amide bonds. The molecule has 4 N–H and O–H groups in total. The second-order valence-corrected chi connectivity index (χ2v) is 7.48. The van der Waals surface area contributed by atoms with Crippen LogP contribution in [-0.4, -0.2) is 26.5 Å². The van der Waals surface area contributed by atoms with Crippen molar-refractivity contribution in [2.75, 3.05) is 0 Å². The van der Waals surface area contributed by atoms with Crippen LogP contribution < -0.4 is 10.5 Å². The highest BCUT2D eigenvalue weighted by Gasteiger charge is 2.32. The highest BCUT2D eigenvalue weighted by Crippen LogP contribution is 2.42. The largest absolute Gasteiger partial charge is 0.508 e. The Balaban J connectivity index is 1.77. The molecule has 4 aromatic rings. The average molecular weight is 426 g/mol. The Morgan fingerprint density at radius 1 is 1.03 bits per heavy atom. The van der Waals surface area contributed by atoms with E-state index in [1.807, 2.05) is 59.2 Å². The number of phenolic OH excluding ortho intramolecular Hbond substituents is 2. The summed E-state index contributed by atoms with van der Waals surface area (Å²) in [6, 6.07) is 19.3. The normalized spacial score (nSPS) is 14.0. The zero-order valence-corrected chi connectivity index (χ0v) is 16.8. The maximum absolute atomic E-state index is 13.0. The summed E-state index contributed by atoms with van der Waals surface area (Å²) in [6.07, 6.45) is 1.60. The van der Waals surface area contributed by atoms with Gasteiger partial charge in [0.2, 0.25) is 11.7 Å². The summed E-state index contributed by atoms with van der Waals surface area (Å²) in [5.41, 5.74) is 8.53. The standard InChI is InChI=1S/C25H18N2O5/c26-22(30)13-27-18-9-5-4-8-16(18)17(24(27)14-6-2-1-3-7-14)12-21-25(31)23-19(29)10-15(28)11-20(23)32-21/h1-12,28-29H,13H2,(H2,26,30)/b21-12+. The van der Waals surface area contributed by atoms with Crippen LogP contribution in [0.1, 0.15) is 15.9 Å². The maximum Gasteiger partial charge on any atom is 0.237 e. The molecule has 0 saturated heterocycles. The fourth-order valence-corrected chi connectivity index (χ4v) is 4.11. The van der Waals surface area contributed by atoms with E-state index in [9.17, 15) is 19.8 Å². The van der Waals surface area contributed by atoms with Crippen molar-refractivity contribution in [3.63, 3.8) is 0 Å². The number of para-hydroxylation sites is 1. The fourth-order valence-electron chi connectivity index (χ4n) is 4.11. The molecule has 0 unspecified atom stereocenters. The minimum Gasteiger partial charge on any atom is -0.508 e. The molecule has 0 aliphatic carbocycles. The molecular formula is C25H18N2O5. The zero-order valence-electron chi connectivity index (χ0n) is 16.8. The number of ketones is 1. The summed E-state index contributed by atoms with van der Waals surface area (Å²) in [5.74, 6) is -1.47. The second-order valence-electron chi connectivity index (χ2n) is 7.48. The van der Waals surface area contributed by atoms with Crippen LogP contribution in [0.5, 0.6) is 17.2 Å². The van der Waals surface area contributed by atoms with Crippen LogP contribution in [0.3, 0.4) is 0 Å². The van der Waals surface area contributed by atoms with Gasteiger partial charge in [0.1, 0.15) is 29.4 Å². The molecule has 1 aliphatic rings. The van der Waals surface area contributed by atoms with Gasteiger partial charge in [-0.3, -0.25) is 9.59 Å². The van der Waals surface area contributed by atoms with E-state index in [1.54, 1.807) is 6.08 Å². The highest BCUT2D eigenvalue weighted by molar-refractivity contribution is 6.17. The lowest BCUT2D eigenvalue weighted by atomic mass is 10.0. The van der Waals surface area contributed by atoms with Crippen LogP contribution in [-0.2, 0) is 11.3 Å². The molecule has 0 atom stereocenters. The van der Waals surface area contributed by atoms with Gasteiger partial charge >= 0.3 is 0 Å². The molecule has 0 fully saturated rings.